The number of para-hydroxylation sites is 2. The quantitative estimate of drug-likeness (QED) is 0.362. The third-order valence-corrected chi connectivity index (χ3v) is 6.44. The van der Waals surface area contributed by atoms with E-state index in [1.165, 1.54) is 0 Å². The van der Waals surface area contributed by atoms with E-state index in [2.05, 4.69) is 10.3 Å². The maximum absolute atomic E-state index is 13.2. The van der Waals surface area contributed by atoms with Crippen LogP contribution in [0.5, 0.6) is 0 Å². The van der Waals surface area contributed by atoms with Crippen LogP contribution in [0.4, 0.5) is 5.69 Å². The maximum Gasteiger partial charge on any atom is 0.259 e. The summed E-state index contributed by atoms with van der Waals surface area (Å²) >= 11 is 0. The van der Waals surface area contributed by atoms with Gasteiger partial charge in [0.25, 0.3) is 11.8 Å². The molecule has 34 heavy (non-hydrogen) atoms. The van der Waals surface area contributed by atoms with Gasteiger partial charge in [-0.25, -0.2) is 0 Å². The van der Waals surface area contributed by atoms with Crippen molar-refractivity contribution in [2.45, 2.75) is 5.92 Å². The summed E-state index contributed by atoms with van der Waals surface area (Å²) in [6.45, 7) is 0.388. The summed E-state index contributed by atoms with van der Waals surface area (Å²) in [5, 5.41) is 12.9. The SMILES string of the molecule is O=C1NC(=O)C(C2C=[N+](CCO)c3ccccc32)=C1c1cn(-c2cccnc2)c2ccccc12. The second kappa shape index (κ2) is 7.90. The number of carbonyl (C=O) groups excluding carboxylic acids is 2. The molecule has 2 amide bonds. The van der Waals surface area contributed by atoms with Gasteiger partial charge in [-0.1, -0.05) is 36.4 Å². The first-order valence-corrected chi connectivity index (χ1v) is 11.1. The fourth-order valence-corrected chi connectivity index (χ4v) is 5.01. The predicted octanol–water partition coefficient (Wildman–Crippen LogP) is 2.94. The van der Waals surface area contributed by atoms with Crippen LogP contribution in [0.25, 0.3) is 22.2 Å². The maximum atomic E-state index is 13.2. The number of aliphatic hydroxyl groups excluding tert-OH is 1. The number of benzene rings is 2. The van der Waals surface area contributed by atoms with Crippen LogP contribution in [-0.4, -0.2) is 50.4 Å². The van der Waals surface area contributed by atoms with Gasteiger partial charge in [-0.3, -0.25) is 19.9 Å². The molecule has 2 aliphatic heterocycles. The lowest BCUT2D eigenvalue weighted by molar-refractivity contribution is -0.436. The topological polar surface area (TPSA) is 87.2 Å². The minimum absolute atomic E-state index is 0.0206. The van der Waals surface area contributed by atoms with Gasteiger partial charge in [-0.2, -0.15) is 4.58 Å². The van der Waals surface area contributed by atoms with E-state index in [1.807, 2.05) is 82.2 Å². The van der Waals surface area contributed by atoms with Gasteiger partial charge in [0.1, 0.15) is 6.61 Å². The lowest BCUT2D eigenvalue weighted by Gasteiger charge is -2.08. The molecule has 7 heteroatoms. The van der Waals surface area contributed by atoms with E-state index in [0.29, 0.717) is 23.3 Å². The molecular formula is C27H21N4O3+. The molecule has 1 atom stereocenters. The smallest absolute Gasteiger partial charge is 0.259 e. The van der Waals surface area contributed by atoms with Crippen LogP contribution in [0.3, 0.4) is 0 Å². The highest BCUT2D eigenvalue weighted by atomic mass is 16.3. The highest BCUT2D eigenvalue weighted by Gasteiger charge is 2.43. The highest BCUT2D eigenvalue weighted by molar-refractivity contribution is 6.38. The third-order valence-electron chi connectivity index (χ3n) is 6.44. The molecule has 7 nitrogen and oxygen atoms in total. The number of carbonyl (C=O) groups is 2. The molecule has 1 unspecified atom stereocenters. The van der Waals surface area contributed by atoms with Crippen molar-refractivity contribution in [3.05, 3.63) is 96.0 Å². The first-order chi connectivity index (χ1) is 16.7. The number of hydrogen-bond donors (Lipinski definition) is 2. The van der Waals surface area contributed by atoms with Gasteiger partial charge >= 0.3 is 0 Å². The first kappa shape index (κ1) is 20.3. The normalized spacial score (nSPS) is 17.3. The molecule has 0 saturated carbocycles. The van der Waals surface area contributed by atoms with Gasteiger partial charge in [0, 0.05) is 40.5 Å². The van der Waals surface area contributed by atoms with Crippen molar-refractivity contribution in [2.75, 3.05) is 13.2 Å². The Morgan fingerprint density at radius 3 is 2.65 bits per heavy atom. The predicted molar refractivity (Wildman–Crippen MR) is 128 cm³/mol. The van der Waals surface area contributed by atoms with E-state index >= 15 is 0 Å². The van der Waals surface area contributed by atoms with Gasteiger partial charge in [0.2, 0.25) is 5.69 Å². The molecule has 4 aromatic rings. The minimum atomic E-state index is -0.402. The van der Waals surface area contributed by atoms with Crippen LogP contribution in [0.2, 0.25) is 0 Å². The van der Waals surface area contributed by atoms with Crippen LogP contribution >= 0.6 is 0 Å². The van der Waals surface area contributed by atoms with E-state index in [-0.39, 0.29) is 12.5 Å². The summed E-state index contributed by atoms with van der Waals surface area (Å²) in [6.07, 6.45) is 7.31. The van der Waals surface area contributed by atoms with E-state index in [4.69, 9.17) is 0 Å². The Bertz CT molecular complexity index is 1530. The number of rotatable bonds is 5. The summed E-state index contributed by atoms with van der Waals surface area (Å²) in [5.41, 5.74) is 5.15. The lowest BCUT2D eigenvalue weighted by atomic mass is 9.88. The second-order valence-electron chi connectivity index (χ2n) is 8.32. The molecule has 2 aliphatic rings. The summed E-state index contributed by atoms with van der Waals surface area (Å²) in [4.78, 5) is 30.6. The Kier molecular flexibility index (Phi) is 4.71. The Labute approximate surface area is 195 Å². The number of β-amino-alcohol motifs (C(OH)–C–C–N with tert-alkyl or cyclic N) is 1. The fourth-order valence-electron chi connectivity index (χ4n) is 5.01. The molecule has 0 bridgehead atoms. The van der Waals surface area contributed by atoms with Crippen molar-refractivity contribution >= 4 is 40.2 Å². The molecule has 6 rings (SSSR count). The second-order valence-corrected chi connectivity index (χ2v) is 8.32. The Morgan fingerprint density at radius 1 is 1.00 bits per heavy atom. The molecule has 0 aliphatic carbocycles. The number of aromatic nitrogens is 2. The fraction of sp³-hybridized carbons (Fsp3) is 0.111. The number of aliphatic hydroxyl groups is 1. The molecule has 4 heterocycles. The van der Waals surface area contributed by atoms with E-state index in [0.717, 1.165) is 27.8 Å². The van der Waals surface area contributed by atoms with Gasteiger partial charge in [-0.05, 0) is 18.2 Å². The van der Waals surface area contributed by atoms with Gasteiger partial charge in [-0.15, -0.1) is 0 Å². The average Bonchev–Trinajstić information content (AvgIpc) is 3.51. The number of fused-ring (bicyclic) bond motifs is 2. The monoisotopic (exact) mass is 449 g/mol. The van der Waals surface area contributed by atoms with Gasteiger partial charge in [0.15, 0.2) is 12.8 Å². The van der Waals surface area contributed by atoms with Crippen molar-refractivity contribution in [2.24, 2.45) is 0 Å². The molecule has 0 saturated heterocycles. The van der Waals surface area contributed by atoms with Crippen molar-refractivity contribution in [3.63, 3.8) is 0 Å². The third kappa shape index (κ3) is 3.02. The molecule has 166 valence electrons. The van der Waals surface area contributed by atoms with E-state index in [9.17, 15) is 14.7 Å². The number of nitrogens with one attached hydrogen (secondary N) is 1. The van der Waals surface area contributed by atoms with Gasteiger partial charge in [0.05, 0.1) is 28.9 Å². The number of amides is 2. The zero-order chi connectivity index (χ0) is 23.2. The van der Waals surface area contributed by atoms with Crippen LogP contribution in [0.15, 0.2) is 84.8 Å². The largest absolute Gasteiger partial charge is 0.390 e. The van der Waals surface area contributed by atoms with E-state index in [1.54, 1.807) is 12.4 Å². The zero-order valence-electron chi connectivity index (χ0n) is 18.2. The molecule has 0 spiro atoms. The number of imide groups is 1. The number of pyridine rings is 1. The highest BCUT2D eigenvalue weighted by Crippen LogP contribution is 2.42. The van der Waals surface area contributed by atoms with Crippen molar-refractivity contribution in [1.82, 2.24) is 14.9 Å². The van der Waals surface area contributed by atoms with Crippen molar-refractivity contribution < 1.29 is 19.3 Å². The lowest BCUT2D eigenvalue weighted by Crippen LogP contribution is -2.24. The minimum Gasteiger partial charge on any atom is -0.390 e. The summed E-state index contributed by atoms with van der Waals surface area (Å²) < 4.78 is 3.93. The van der Waals surface area contributed by atoms with Crippen molar-refractivity contribution in [1.29, 1.82) is 0 Å². The summed E-state index contributed by atoms with van der Waals surface area (Å²) in [7, 11) is 0. The number of nitrogens with zero attached hydrogens (tertiary/aromatic N) is 3. The van der Waals surface area contributed by atoms with Crippen LogP contribution in [0, 0.1) is 0 Å². The van der Waals surface area contributed by atoms with Crippen LogP contribution in [0.1, 0.15) is 17.0 Å². The van der Waals surface area contributed by atoms with Crippen LogP contribution in [-0.2, 0) is 9.59 Å². The molecule has 2 aromatic heterocycles. The zero-order valence-corrected chi connectivity index (χ0v) is 18.2. The molecular weight excluding hydrogens is 428 g/mol. The average molecular weight is 449 g/mol. The number of hydrogen-bond acceptors (Lipinski definition) is 4. The molecule has 2 N–H and O–H groups in total. The standard InChI is InChI=1S/C27H20N4O3/c32-13-12-30-15-20(18-7-1-3-9-22(18)30)24-25(27(34)29-26(24)33)21-16-31(17-6-5-11-28-14-17)23-10-4-2-8-19(21)23/h1-11,14-16,20,32H,12-13H2/p+1. The Balaban J connectivity index is 1.61. The van der Waals surface area contributed by atoms with Crippen LogP contribution < -0.4 is 5.32 Å². The summed E-state index contributed by atoms with van der Waals surface area (Å²) in [5.74, 6) is -1.19. The molecule has 0 radical (unpaired) electrons. The Morgan fingerprint density at radius 2 is 1.82 bits per heavy atom. The van der Waals surface area contributed by atoms with E-state index < -0.39 is 11.8 Å². The molecule has 2 aromatic carbocycles. The Hall–Kier alpha value is -4.36. The van der Waals surface area contributed by atoms with Gasteiger partial charge < -0.3 is 9.67 Å². The first-order valence-electron chi connectivity index (χ1n) is 11.1. The van der Waals surface area contributed by atoms with Crippen molar-refractivity contribution in [3.8, 4) is 5.69 Å². The summed E-state index contributed by atoms with van der Waals surface area (Å²) in [6, 6.07) is 19.4. The molecule has 0 fully saturated rings.